The molecular formula is C21H14F3N5. The minimum absolute atomic E-state index is 0.0640. The molecule has 4 aromatic rings. The molecule has 2 aromatic carbocycles. The summed E-state index contributed by atoms with van der Waals surface area (Å²) in [6.07, 6.45) is -4.62. The van der Waals surface area contributed by atoms with E-state index < -0.39 is 11.7 Å². The molecule has 0 amide bonds. The number of hydrogen-bond donors (Lipinski definition) is 1. The van der Waals surface area contributed by atoms with E-state index in [1.807, 2.05) is 6.07 Å². The molecule has 4 rings (SSSR count). The Morgan fingerprint density at radius 1 is 1.03 bits per heavy atom. The lowest BCUT2D eigenvalue weighted by molar-refractivity contribution is -0.136. The third-order valence-corrected chi connectivity index (χ3v) is 4.62. The first-order chi connectivity index (χ1) is 13.8. The Morgan fingerprint density at radius 2 is 1.76 bits per heavy atom. The highest BCUT2D eigenvalue weighted by molar-refractivity contribution is 5.95. The molecule has 0 bridgehead atoms. The Morgan fingerprint density at radius 3 is 2.41 bits per heavy atom. The second-order valence-electron chi connectivity index (χ2n) is 6.50. The molecule has 0 saturated heterocycles. The second kappa shape index (κ2) is 6.63. The molecule has 8 heteroatoms. The van der Waals surface area contributed by atoms with Crippen molar-refractivity contribution in [3.05, 3.63) is 65.7 Å². The van der Waals surface area contributed by atoms with Crippen molar-refractivity contribution in [1.82, 2.24) is 14.8 Å². The lowest BCUT2D eigenvalue weighted by atomic mass is 10.0. The molecule has 2 aromatic heterocycles. The van der Waals surface area contributed by atoms with Crippen molar-refractivity contribution in [2.45, 2.75) is 6.18 Å². The summed E-state index contributed by atoms with van der Waals surface area (Å²) in [5, 5.41) is 13.4. The van der Waals surface area contributed by atoms with Crippen LogP contribution < -0.4 is 5.73 Å². The van der Waals surface area contributed by atoms with Crippen LogP contribution >= 0.6 is 0 Å². The van der Waals surface area contributed by atoms with Gasteiger partial charge in [-0.1, -0.05) is 36.4 Å². The van der Waals surface area contributed by atoms with Gasteiger partial charge < -0.3 is 5.73 Å². The minimum atomic E-state index is -4.62. The Labute approximate surface area is 163 Å². The average molecular weight is 393 g/mol. The first kappa shape index (κ1) is 18.5. The summed E-state index contributed by atoms with van der Waals surface area (Å²) in [4.78, 5) is 4.42. The van der Waals surface area contributed by atoms with Crippen LogP contribution in [0.3, 0.4) is 0 Å². The molecule has 0 aliphatic carbocycles. The fourth-order valence-corrected chi connectivity index (χ4v) is 3.23. The smallest absolute Gasteiger partial charge is 0.398 e. The molecule has 0 radical (unpaired) electrons. The normalized spacial score (nSPS) is 11.6. The van der Waals surface area contributed by atoms with Crippen LogP contribution in [0, 0.1) is 11.3 Å². The monoisotopic (exact) mass is 393 g/mol. The fraction of sp³-hybridized carbons (Fsp3) is 0.0952. The summed E-state index contributed by atoms with van der Waals surface area (Å²) < 4.78 is 43.3. The molecule has 0 spiro atoms. The highest BCUT2D eigenvalue weighted by Gasteiger charge is 2.36. The van der Waals surface area contributed by atoms with Crippen molar-refractivity contribution in [3.63, 3.8) is 0 Å². The number of hydrogen-bond acceptors (Lipinski definition) is 4. The van der Waals surface area contributed by atoms with E-state index in [9.17, 15) is 18.4 Å². The lowest BCUT2D eigenvalue weighted by Crippen LogP contribution is -2.08. The molecule has 29 heavy (non-hydrogen) atoms. The highest BCUT2D eigenvalue weighted by Crippen LogP contribution is 2.40. The average Bonchev–Trinajstić information content (AvgIpc) is 3.04. The van der Waals surface area contributed by atoms with Gasteiger partial charge in [-0.3, -0.25) is 0 Å². The number of anilines is 1. The Kier molecular flexibility index (Phi) is 4.23. The topological polar surface area (TPSA) is 80.5 Å². The number of nitrogens with zero attached hydrogens (tertiary/aromatic N) is 4. The van der Waals surface area contributed by atoms with Gasteiger partial charge in [0.15, 0.2) is 5.65 Å². The Bertz CT molecular complexity index is 1270. The Balaban J connectivity index is 2.05. The maximum Gasteiger partial charge on any atom is 0.417 e. The van der Waals surface area contributed by atoms with E-state index in [1.54, 1.807) is 43.4 Å². The van der Waals surface area contributed by atoms with Gasteiger partial charge in [-0.25, -0.2) is 9.67 Å². The number of nitriles is 1. The predicted octanol–water partition coefficient (Wildman–Crippen LogP) is 4.77. The van der Waals surface area contributed by atoms with Crippen LogP contribution in [0.5, 0.6) is 0 Å². The number of alkyl halides is 3. The maximum atomic E-state index is 14.0. The molecule has 0 aliphatic heterocycles. The molecule has 0 atom stereocenters. The number of benzene rings is 2. The molecule has 144 valence electrons. The number of rotatable bonds is 2. The highest BCUT2D eigenvalue weighted by atomic mass is 19.4. The summed E-state index contributed by atoms with van der Waals surface area (Å²) in [6.45, 7) is 0. The fourth-order valence-electron chi connectivity index (χ4n) is 3.23. The third-order valence-electron chi connectivity index (χ3n) is 4.62. The van der Waals surface area contributed by atoms with Crippen molar-refractivity contribution >= 4 is 16.7 Å². The van der Waals surface area contributed by atoms with E-state index in [2.05, 4.69) is 10.1 Å². The molecule has 0 fully saturated rings. The van der Waals surface area contributed by atoms with E-state index in [1.165, 1.54) is 16.8 Å². The standard InChI is InChI=1S/C21H14F3N5/c1-29-20-18(19(28-29)12-5-3-2-4-6-12)15(21(22,23)24)10-17(27-20)13-7-8-16(26)14(9-13)11-25/h2-10H,26H2,1H3. The van der Waals surface area contributed by atoms with E-state index in [-0.39, 0.29) is 33.7 Å². The van der Waals surface area contributed by atoms with Gasteiger partial charge in [-0.05, 0) is 18.2 Å². The van der Waals surface area contributed by atoms with Gasteiger partial charge in [-0.15, -0.1) is 0 Å². The molecule has 5 nitrogen and oxygen atoms in total. The number of aromatic nitrogens is 3. The van der Waals surface area contributed by atoms with Crippen LogP contribution in [-0.4, -0.2) is 14.8 Å². The zero-order valence-electron chi connectivity index (χ0n) is 15.2. The lowest BCUT2D eigenvalue weighted by Gasteiger charge is -2.12. The predicted molar refractivity (Wildman–Crippen MR) is 104 cm³/mol. The number of fused-ring (bicyclic) bond motifs is 1. The van der Waals surface area contributed by atoms with Gasteiger partial charge in [0.1, 0.15) is 11.8 Å². The maximum absolute atomic E-state index is 14.0. The van der Waals surface area contributed by atoms with Crippen LogP contribution in [0.4, 0.5) is 18.9 Å². The first-order valence-electron chi connectivity index (χ1n) is 8.60. The quantitative estimate of drug-likeness (QED) is 0.497. The summed E-state index contributed by atoms with van der Waals surface area (Å²) in [5.74, 6) is 0. The third kappa shape index (κ3) is 3.17. The van der Waals surface area contributed by atoms with E-state index >= 15 is 0 Å². The summed E-state index contributed by atoms with van der Waals surface area (Å²) >= 11 is 0. The zero-order chi connectivity index (χ0) is 20.8. The van der Waals surface area contributed by atoms with Crippen molar-refractivity contribution < 1.29 is 13.2 Å². The van der Waals surface area contributed by atoms with Crippen LogP contribution in [0.1, 0.15) is 11.1 Å². The Hall–Kier alpha value is -3.86. The van der Waals surface area contributed by atoms with Crippen LogP contribution in [0.15, 0.2) is 54.6 Å². The van der Waals surface area contributed by atoms with Crippen molar-refractivity contribution in [3.8, 4) is 28.6 Å². The summed E-state index contributed by atoms with van der Waals surface area (Å²) in [5.41, 5.74) is 6.65. The molecule has 2 N–H and O–H groups in total. The van der Waals surface area contributed by atoms with Crippen LogP contribution in [0.25, 0.3) is 33.5 Å². The summed E-state index contributed by atoms with van der Waals surface area (Å²) in [6, 6.07) is 16.0. The van der Waals surface area contributed by atoms with Gasteiger partial charge in [0, 0.05) is 23.9 Å². The largest absolute Gasteiger partial charge is 0.417 e. The zero-order valence-corrected chi connectivity index (χ0v) is 15.2. The SMILES string of the molecule is Cn1nc(-c2ccccc2)c2c(C(F)(F)F)cc(-c3ccc(N)c(C#N)c3)nc21. The number of nitrogen functional groups attached to an aromatic ring is 1. The van der Waals surface area contributed by atoms with Gasteiger partial charge in [0.05, 0.1) is 22.2 Å². The van der Waals surface area contributed by atoms with Gasteiger partial charge >= 0.3 is 6.18 Å². The summed E-state index contributed by atoms with van der Waals surface area (Å²) in [7, 11) is 1.55. The van der Waals surface area contributed by atoms with Crippen molar-refractivity contribution in [2.24, 2.45) is 7.05 Å². The molecule has 0 saturated carbocycles. The number of nitrogens with two attached hydrogens (primary N) is 1. The van der Waals surface area contributed by atoms with Crippen LogP contribution in [-0.2, 0) is 13.2 Å². The minimum Gasteiger partial charge on any atom is -0.398 e. The molecular weight excluding hydrogens is 379 g/mol. The number of aryl methyl sites for hydroxylation is 1. The van der Waals surface area contributed by atoms with E-state index in [4.69, 9.17) is 5.73 Å². The van der Waals surface area contributed by atoms with E-state index in [0.717, 1.165) is 6.07 Å². The second-order valence-corrected chi connectivity index (χ2v) is 6.50. The number of halogens is 3. The van der Waals surface area contributed by atoms with E-state index in [0.29, 0.717) is 11.1 Å². The van der Waals surface area contributed by atoms with Gasteiger partial charge in [0.25, 0.3) is 0 Å². The van der Waals surface area contributed by atoms with Gasteiger partial charge in [-0.2, -0.15) is 23.5 Å². The molecule has 0 unspecified atom stereocenters. The first-order valence-corrected chi connectivity index (χ1v) is 8.60. The van der Waals surface area contributed by atoms with Crippen molar-refractivity contribution in [2.75, 3.05) is 5.73 Å². The molecule has 2 heterocycles. The van der Waals surface area contributed by atoms with Gasteiger partial charge in [0.2, 0.25) is 0 Å². The van der Waals surface area contributed by atoms with Crippen molar-refractivity contribution in [1.29, 1.82) is 5.26 Å². The van der Waals surface area contributed by atoms with Crippen LogP contribution in [0.2, 0.25) is 0 Å². The number of pyridine rings is 1. The molecule has 0 aliphatic rings.